The lowest BCUT2D eigenvalue weighted by molar-refractivity contribution is 0.0775. The lowest BCUT2D eigenvalue weighted by Gasteiger charge is -2.42. The Bertz CT molecular complexity index is 864. The van der Waals surface area contributed by atoms with Crippen LogP contribution in [0.2, 0.25) is 5.15 Å². The second-order valence-electron chi connectivity index (χ2n) is 7.22. The van der Waals surface area contributed by atoms with Crippen molar-refractivity contribution in [3.63, 3.8) is 0 Å². The summed E-state index contributed by atoms with van der Waals surface area (Å²) in [5, 5.41) is 23.2. The number of anilines is 2. The topological polar surface area (TPSA) is 97.7 Å². The number of hydrogen-bond donors (Lipinski definition) is 2. The van der Waals surface area contributed by atoms with Gasteiger partial charge in [-0.05, 0) is 18.9 Å². The van der Waals surface area contributed by atoms with Gasteiger partial charge >= 0.3 is 6.09 Å². The Morgan fingerprint density at radius 3 is 2.59 bits per heavy atom. The van der Waals surface area contributed by atoms with Crippen LogP contribution in [0.3, 0.4) is 0 Å². The number of piperidine rings is 1. The molecule has 4 rings (SSSR count). The van der Waals surface area contributed by atoms with Gasteiger partial charge in [-0.2, -0.15) is 0 Å². The quantitative estimate of drug-likeness (QED) is 0.704. The van der Waals surface area contributed by atoms with Gasteiger partial charge in [-0.25, -0.2) is 9.78 Å². The Morgan fingerprint density at radius 2 is 1.93 bits per heavy atom. The first-order valence-electron chi connectivity index (χ1n) is 9.69. The Labute approximate surface area is 178 Å². The van der Waals surface area contributed by atoms with Crippen LogP contribution in [0.4, 0.5) is 15.6 Å². The van der Waals surface area contributed by atoms with Crippen molar-refractivity contribution in [3.8, 4) is 10.6 Å². The number of hydrogen-bond acceptors (Lipinski definition) is 8. The van der Waals surface area contributed by atoms with Crippen molar-refractivity contribution >= 4 is 39.8 Å². The number of aromatic nitrogens is 3. The highest BCUT2D eigenvalue weighted by Crippen LogP contribution is 2.35. The molecular weight excluding hydrogens is 414 g/mol. The Hall–Kier alpha value is -2.17. The van der Waals surface area contributed by atoms with E-state index in [-0.39, 0.29) is 0 Å². The highest BCUT2D eigenvalue weighted by molar-refractivity contribution is 7.18. The zero-order valence-corrected chi connectivity index (χ0v) is 17.8. The van der Waals surface area contributed by atoms with Gasteiger partial charge in [-0.1, -0.05) is 22.9 Å². The van der Waals surface area contributed by atoms with Crippen LogP contribution < -0.4 is 10.2 Å². The highest BCUT2D eigenvalue weighted by Gasteiger charge is 2.29. The molecule has 1 amide bonds. The third-order valence-corrected chi connectivity index (χ3v) is 6.84. The summed E-state index contributed by atoms with van der Waals surface area (Å²) in [5.41, 5.74) is 1.78. The van der Waals surface area contributed by atoms with E-state index >= 15 is 0 Å². The number of halogens is 1. The maximum Gasteiger partial charge on any atom is 0.407 e. The van der Waals surface area contributed by atoms with E-state index in [0.717, 1.165) is 60.4 Å². The summed E-state index contributed by atoms with van der Waals surface area (Å²) in [6.07, 6.45) is 3.00. The number of nitrogens with zero attached hydrogens (tertiary/aromatic N) is 6. The van der Waals surface area contributed by atoms with Gasteiger partial charge in [-0.3, -0.25) is 4.90 Å². The molecule has 2 aromatic rings. The minimum atomic E-state index is -0.816. The minimum absolute atomic E-state index is 0.439. The average molecular weight is 438 g/mol. The van der Waals surface area contributed by atoms with Crippen LogP contribution in [-0.4, -0.2) is 88.5 Å². The van der Waals surface area contributed by atoms with Gasteiger partial charge in [0.25, 0.3) is 0 Å². The summed E-state index contributed by atoms with van der Waals surface area (Å²) < 4.78 is 0. The molecule has 9 nitrogen and oxygen atoms in total. The van der Waals surface area contributed by atoms with Crippen molar-refractivity contribution in [1.29, 1.82) is 0 Å². The molecule has 0 radical (unpaired) electrons. The first-order chi connectivity index (χ1) is 14.0. The number of pyridine rings is 1. The molecule has 0 saturated carbocycles. The largest absolute Gasteiger partial charge is 0.465 e. The molecule has 0 bridgehead atoms. The standard InChI is InChI=1S/C18H24ClN7O2S/c1-20-14-10-15(19)21-11-13(14)16-22-23-17(29-16)25-4-2-12(3-5-25)24-6-8-26(9-7-24)18(27)28/h10-12H,2-9H2,1H3,(H,20,21)(H,27,28). The molecule has 0 aromatic carbocycles. The van der Waals surface area contributed by atoms with Gasteiger partial charge < -0.3 is 20.2 Å². The summed E-state index contributed by atoms with van der Waals surface area (Å²) in [5.74, 6) is 0. The summed E-state index contributed by atoms with van der Waals surface area (Å²) in [6.45, 7) is 4.68. The number of amides is 1. The molecule has 4 heterocycles. The van der Waals surface area contributed by atoms with Gasteiger partial charge in [-0.15, -0.1) is 10.2 Å². The third kappa shape index (κ3) is 4.39. The van der Waals surface area contributed by atoms with Crippen molar-refractivity contribution in [2.24, 2.45) is 0 Å². The molecule has 2 saturated heterocycles. The fourth-order valence-electron chi connectivity index (χ4n) is 3.96. The number of carboxylic acid groups (broad SMARTS) is 1. The number of rotatable bonds is 4. The van der Waals surface area contributed by atoms with E-state index in [1.165, 1.54) is 4.90 Å². The average Bonchev–Trinajstić information content (AvgIpc) is 3.24. The first kappa shape index (κ1) is 20.1. The van der Waals surface area contributed by atoms with E-state index in [1.54, 1.807) is 23.6 Å². The van der Waals surface area contributed by atoms with E-state index in [2.05, 4.69) is 30.3 Å². The van der Waals surface area contributed by atoms with E-state index < -0.39 is 6.09 Å². The van der Waals surface area contributed by atoms with Gasteiger partial charge in [0.15, 0.2) is 5.01 Å². The van der Waals surface area contributed by atoms with Crippen LogP contribution in [-0.2, 0) is 0 Å². The molecule has 2 fully saturated rings. The molecule has 0 spiro atoms. The predicted octanol–water partition coefficient (Wildman–Crippen LogP) is 2.56. The molecule has 2 aliphatic rings. The molecule has 0 atom stereocenters. The van der Waals surface area contributed by atoms with Crippen LogP contribution in [0, 0.1) is 0 Å². The maximum absolute atomic E-state index is 11.1. The smallest absolute Gasteiger partial charge is 0.407 e. The van der Waals surface area contributed by atoms with Gasteiger partial charge in [0.05, 0.1) is 5.56 Å². The monoisotopic (exact) mass is 437 g/mol. The molecule has 29 heavy (non-hydrogen) atoms. The third-order valence-electron chi connectivity index (χ3n) is 5.62. The minimum Gasteiger partial charge on any atom is -0.465 e. The number of nitrogens with one attached hydrogen (secondary N) is 1. The fourth-order valence-corrected chi connectivity index (χ4v) is 5.04. The number of carbonyl (C=O) groups is 1. The van der Waals surface area contributed by atoms with Crippen molar-refractivity contribution in [2.75, 3.05) is 56.5 Å². The molecule has 156 valence electrons. The second-order valence-corrected chi connectivity index (χ2v) is 8.56. The molecule has 0 aliphatic carbocycles. The van der Waals surface area contributed by atoms with E-state index in [9.17, 15) is 4.79 Å². The van der Waals surface area contributed by atoms with Crippen LogP contribution in [0.15, 0.2) is 12.3 Å². The molecule has 2 aromatic heterocycles. The molecular formula is C18H24ClN7O2S. The predicted molar refractivity (Wildman–Crippen MR) is 114 cm³/mol. The Kier molecular flexibility index (Phi) is 6.02. The van der Waals surface area contributed by atoms with E-state index in [4.69, 9.17) is 16.7 Å². The summed E-state index contributed by atoms with van der Waals surface area (Å²) in [6, 6.07) is 2.29. The zero-order chi connectivity index (χ0) is 20.4. The van der Waals surface area contributed by atoms with E-state index in [0.29, 0.717) is 24.3 Å². The van der Waals surface area contributed by atoms with Gasteiger partial charge in [0, 0.05) is 64.2 Å². The van der Waals surface area contributed by atoms with Crippen LogP contribution in [0.25, 0.3) is 10.6 Å². The maximum atomic E-state index is 11.1. The lowest BCUT2D eigenvalue weighted by Crippen LogP contribution is -2.54. The molecule has 11 heteroatoms. The molecule has 2 aliphatic heterocycles. The summed E-state index contributed by atoms with van der Waals surface area (Å²) in [7, 11) is 1.85. The van der Waals surface area contributed by atoms with E-state index in [1.807, 2.05) is 7.05 Å². The van der Waals surface area contributed by atoms with Crippen molar-refractivity contribution in [2.45, 2.75) is 18.9 Å². The van der Waals surface area contributed by atoms with Crippen LogP contribution in [0.1, 0.15) is 12.8 Å². The summed E-state index contributed by atoms with van der Waals surface area (Å²) >= 11 is 7.55. The first-order valence-corrected chi connectivity index (χ1v) is 10.9. The molecule has 0 unspecified atom stereocenters. The van der Waals surface area contributed by atoms with Crippen molar-refractivity contribution in [1.82, 2.24) is 25.0 Å². The summed E-state index contributed by atoms with van der Waals surface area (Å²) in [4.78, 5) is 21.5. The van der Waals surface area contributed by atoms with Gasteiger partial charge in [0.1, 0.15) is 5.15 Å². The molecule has 2 N–H and O–H groups in total. The number of piperazine rings is 1. The lowest BCUT2D eigenvalue weighted by atomic mass is 10.0. The Balaban J connectivity index is 1.36. The highest BCUT2D eigenvalue weighted by atomic mass is 35.5. The second kappa shape index (κ2) is 8.68. The fraction of sp³-hybridized carbons (Fsp3) is 0.556. The SMILES string of the molecule is CNc1cc(Cl)ncc1-c1nnc(N2CCC(N3CCN(C(=O)O)CC3)CC2)s1. The van der Waals surface area contributed by atoms with Crippen molar-refractivity contribution < 1.29 is 9.90 Å². The van der Waals surface area contributed by atoms with Crippen LogP contribution in [0.5, 0.6) is 0 Å². The Morgan fingerprint density at radius 1 is 1.21 bits per heavy atom. The normalized spacial score (nSPS) is 18.8. The van der Waals surface area contributed by atoms with Crippen molar-refractivity contribution in [3.05, 3.63) is 17.4 Å². The van der Waals surface area contributed by atoms with Gasteiger partial charge in [0.2, 0.25) is 5.13 Å². The van der Waals surface area contributed by atoms with Crippen LogP contribution >= 0.6 is 22.9 Å². The zero-order valence-electron chi connectivity index (χ0n) is 16.2.